The van der Waals surface area contributed by atoms with Crippen LogP contribution in [0.4, 0.5) is 0 Å². The van der Waals surface area contributed by atoms with Gasteiger partial charge in [-0.2, -0.15) is 0 Å². The smallest absolute Gasteiger partial charge is 0.225 e. The SMILES string of the molecule is N[C@@H]1CC[C@H](C(=O)N2CCCCC2)C1. The first-order valence-electron chi connectivity index (χ1n) is 5.82. The topological polar surface area (TPSA) is 46.3 Å². The molecule has 0 aromatic rings. The van der Waals surface area contributed by atoms with Gasteiger partial charge in [0.05, 0.1) is 0 Å². The minimum atomic E-state index is 0.239. The normalized spacial score (nSPS) is 33.4. The molecule has 0 bridgehead atoms. The lowest BCUT2D eigenvalue weighted by Crippen LogP contribution is -2.39. The number of hydrogen-bond donors (Lipinski definition) is 1. The van der Waals surface area contributed by atoms with Crippen LogP contribution in [0.3, 0.4) is 0 Å². The van der Waals surface area contributed by atoms with Crippen LogP contribution in [-0.2, 0) is 4.79 Å². The molecule has 1 saturated heterocycles. The third-order valence-corrected chi connectivity index (χ3v) is 3.49. The van der Waals surface area contributed by atoms with E-state index in [9.17, 15) is 4.79 Å². The molecular formula is C11H20N2O. The fourth-order valence-corrected chi connectivity index (χ4v) is 2.61. The van der Waals surface area contributed by atoms with E-state index in [0.29, 0.717) is 5.91 Å². The standard InChI is InChI=1S/C11H20N2O/c12-10-5-4-9(8-10)11(14)13-6-2-1-3-7-13/h9-10H,1-8,12H2/t9-,10+/m0/s1. The van der Waals surface area contributed by atoms with Gasteiger partial charge in [-0.3, -0.25) is 4.79 Å². The molecule has 0 unspecified atom stereocenters. The lowest BCUT2D eigenvalue weighted by atomic mass is 10.0. The average Bonchev–Trinajstić information content (AvgIpc) is 2.65. The monoisotopic (exact) mass is 196 g/mol. The number of rotatable bonds is 1. The first kappa shape index (κ1) is 9.97. The number of carbonyl (C=O) groups is 1. The molecule has 14 heavy (non-hydrogen) atoms. The van der Waals surface area contributed by atoms with E-state index in [2.05, 4.69) is 0 Å². The molecule has 1 aliphatic carbocycles. The molecule has 0 spiro atoms. The van der Waals surface area contributed by atoms with Gasteiger partial charge in [0.1, 0.15) is 0 Å². The van der Waals surface area contributed by atoms with Gasteiger partial charge in [-0.15, -0.1) is 0 Å². The molecule has 1 heterocycles. The van der Waals surface area contributed by atoms with Gasteiger partial charge in [0.2, 0.25) is 5.91 Å². The van der Waals surface area contributed by atoms with Crippen LogP contribution in [0.25, 0.3) is 0 Å². The van der Waals surface area contributed by atoms with Crippen molar-refractivity contribution in [1.29, 1.82) is 0 Å². The number of piperidine rings is 1. The summed E-state index contributed by atoms with van der Waals surface area (Å²) < 4.78 is 0. The fraction of sp³-hybridized carbons (Fsp3) is 0.909. The van der Waals surface area contributed by atoms with Crippen molar-refractivity contribution in [2.75, 3.05) is 13.1 Å². The molecule has 3 nitrogen and oxygen atoms in total. The predicted molar refractivity (Wildman–Crippen MR) is 55.7 cm³/mol. The van der Waals surface area contributed by atoms with Crippen LogP contribution < -0.4 is 5.73 Å². The molecule has 2 fully saturated rings. The van der Waals surface area contributed by atoms with E-state index in [0.717, 1.165) is 32.4 Å². The summed E-state index contributed by atoms with van der Waals surface area (Å²) in [6, 6.07) is 0.272. The lowest BCUT2D eigenvalue weighted by molar-refractivity contribution is -0.136. The largest absolute Gasteiger partial charge is 0.342 e. The molecule has 2 aliphatic rings. The summed E-state index contributed by atoms with van der Waals surface area (Å²) >= 11 is 0. The van der Waals surface area contributed by atoms with E-state index < -0.39 is 0 Å². The van der Waals surface area contributed by atoms with E-state index in [4.69, 9.17) is 5.73 Å². The first-order chi connectivity index (χ1) is 6.77. The summed E-state index contributed by atoms with van der Waals surface area (Å²) in [5.74, 6) is 0.612. The Morgan fingerprint density at radius 3 is 2.43 bits per heavy atom. The molecule has 3 heteroatoms. The Morgan fingerprint density at radius 1 is 1.14 bits per heavy atom. The summed E-state index contributed by atoms with van der Waals surface area (Å²) in [6.45, 7) is 1.95. The number of hydrogen-bond acceptors (Lipinski definition) is 2. The lowest BCUT2D eigenvalue weighted by Gasteiger charge is -2.29. The van der Waals surface area contributed by atoms with E-state index in [-0.39, 0.29) is 12.0 Å². The van der Waals surface area contributed by atoms with Crippen molar-refractivity contribution in [3.8, 4) is 0 Å². The van der Waals surface area contributed by atoms with Gasteiger partial charge in [0.25, 0.3) is 0 Å². The van der Waals surface area contributed by atoms with Gasteiger partial charge in [-0.25, -0.2) is 0 Å². The minimum Gasteiger partial charge on any atom is -0.342 e. The number of nitrogens with two attached hydrogens (primary N) is 1. The number of amides is 1. The average molecular weight is 196 g/mol. The summed E-state index contributed by atoms with van der Waals surface area (Å²) in [7, 11) is 0. The van der Waals surface area contributed by atoms with E-state index >= 15 is 0 Å². The maximum absolute atomic E-state index is 12.0. The molecule has 80 valence electrons. The summed E-state index contributed by atoms with van der Waals surface area (Å²) in [4.78, 5) is 14.1. The summed E-state index contributed by atoms with van der Waals surface area (Å²) in [5, 5.41) is 0. The van der Waals surface area contributed by atoms with Crippen LogP contribution in [0.1, 0.15) is 38.5 Å². The first-order valence-corrected chi connectivity index (χ1v) is 5.82. The van der Waals surface area contributed by atoms with Crippen molar-refractivity contribution in [3.63, 3.8) is 0 Å². The molecule has 2 N–H and O–H groups in total. The van der Waals surface area contributed by atoms with Gasteiger partial charge in [-0.05, 0) is 38.5 Å². The van der Waals surface area contributed by atoms with Crippen LogP contribution in [-0.4, -0.2) is 29.9 Å². The van der Waals surface area contributed by atoms with E-state index in [1.807, 2.05) is 4.90 Å². The second-order valence-electron chi connectivity index (χ2n) is 4.66. The van der Waals surface area contributed by atoms with Crippen molar-refractivity contribution in [2.24, 2.45) is 11.7 Å². The highest BCUT2D eigenvalue weighted by atomic mass is 16.2. The molecular weight excluding hydrogens is 176 g/mol. The quantitative estimate of drug-likeness (QED) is 0.683. The van der Waals surface area contributed by atoms with Crippen LogP contribution in [0.5, 0.6) is 0 Å². The molecule has 1 saturated carbocycles. The van der Waals surface area contributed by atoms with Crippen LogP contribution in [0.2, 0.25) is 0 Å². The number of nitrogens with zero attached hydrogens (tertiary/aromatic N) is 1. The molecule has 2 rings (SSSR count). The highest BCUT2D eigenvalue weighted by Gasteiger charge is 2.31. The molecule has 1 aliphatic heterocycles. The number of likely N-dealkylation sites (tertiary alicyclic amines) is 1. The Labute approximate surface area is 85.6 Å². The van der Waals surface area contributed by atoms with Crippen molar-refractivity contribution >= 4 is 5.91 Å². The highest BCUT2D eigenvalue weighted by molar-refractivity contribution is 5.79. The van der Waals surface area contributed by atoms with Gasteiger partial charge >= 0.3 is 0 Å². The van der Waals surface area contributed by atoms with E-state index in [1.165, 1.54) is 19.3 Å². The molecule has 0 aromatic carbocycles. The third-order valence-electron chi connectivity index (χ3n) is 3.49. The molecule has 0 radical (unpaired) electrons. The minimum absolute atomic E-state index is 0.239. The van der Waals surface area contributed by atoms with Gasteiger partial charge in [-0.1, -0.05) is 0 Å². The van der Waals surface area contributed by atoms with Gasteiger partial charge in [0.15, 0.2) is 0 Å². The summed E-state index contributed by atoms with van der Waals surface area (Å²) in [5.41, 5.74) is 5.82. The van der Waals surface area contributed by atoms with Crippen molar-refractivity contribution < 1.29 is 4.79 Å². The van der Waals surface area contributed by atoms with Crippen molar-refractivity contribution in [1.82, 2.24) is 4.90 Å². The predicted octanol–water partition coefficient (Wildman–Crippen LogP) is 1.13. The summed E-state index contributed by atoms with van der Waals surface area (Å²) in [6.07, 6.45) is 6.61. The third kappa shape index (κ3) is 2.08. The van der Waals surface area contributed by atoms with Crippen LogP contribution >= 0.6 is 0 Å². The fourth-order valence-electron chi connectivity index (χ4n) is 2.61. The molecule has 1 amide bonds. The number of carbonyl (C=O) groups excluding carboxylic acids is 1. The molecule has 2 atom stereocenters. The second-order valence-corrected chi connectivity index (χ2v) is 4.66. The second kappa shape index (κ2) is 4.30. The Balaban J connectivity index is 1.87. The zero-order chi connectivity index (χ0) is 9.97. The Morgan fingerprint density at radius 2 is 1.86 bits per heavy atom. The zero-order valence-corrected chi connectivity index (χ0v) is 8.74. The van der Waals surface area contributed by atoms with Gasteiger partial charge in [0, 0.05) is 25.0 Å². The maximum Gasteiger partial charge on any atom is 0.225 e. The van der Waals surface area contributed by atoms with Crippen LogP contribution in [0, 0.1) is 5.92 Å². The van der Waals surface area contributed by atoms with Crippen LogP contribution in [0.15, 0.2) is 0 Å². The zero-order valence-electron chi connectivity index (χ0n) is 8.74. The van der Waals surface area contributed by atoms with E-state index in [1.54, 1.807) is 0 Å². The Bertz CT molecular complexity index is 205. The van der Waals surface area contributed by atoms with Gasteiger partial charge < -0.3 is 10.6 Å². The Kier molecular flexibility index (Phi) is 3.06. The van der Waals surface area contributed by atoms with Crippen molar-refractivity contribution in [2.45, 2.75) is 44.6 Å². The van der Waals surface area contributed by atoms with Crippen molar-refractivity contribution in [3.05, 3.63) is 0 Å². The maximum atomic E-state index is 12.0. The highest BCUT2D eigenvalue weighted by Crippen LogP contribution is 2.27. The Hall–Kier alpha value is -0.570. The molecule has 0 aromatic heterocycles.